The third kappa shape index (κ3) is 2.60. The highest BCUT2D eigenvalue weighted by Crippen LogP contribution is 2.25. The van der Waals surface area contributed by atoms with Gasteiger partial charge in [-0.15, -0.1) is 0 Å². The molecule has 0 bridgehead atoms. The van der Waals surface area contributed by atoms with Gasteiger partial charge in [-0.1, -0.05) is 12.1 Å². The highest BCUT2D eigenvalue weighted by molar-refractivity contribution is 14.1. The van der Waals surface area contributed by atoms with Crippen LogP contribution in [-0.4, -0.2) is 25.1 Å². The number of hydrogen-bond acceptors (Lipinski definition) is 2. The molecule has 0 unspecified atom stereocenters. The molecule has 0 saturated heterocycles. The zero-order valence-corrected chi connectivity index (χ0v) is 10.5. The van der Waals surface area contributed by atoms with Gasteiger partial charge in [-0.2, -0.15) is 0 Å². The monoisotopic (exact) mass is 305 g/mol. The number of para-hydroxylation sites is 1. The maximum Gasteiger partial charge on any atom is 0.414 e. The number of carbonyl (C=O) groups excluding carboxylic acids is 1. The first-order chi connectivity index (χ1) is 6.52. The maximum absolute atomic E-state index is 11.3. The van der Waals surface area contributed by atoms with Gasteiger partial charge in [0.2, 0.25) is 0 Å². The molecule has 0 atom stereocenters. The van der Waals surface area contributed by atoms with E-state index >= 15 is 0 Å². The van der Waals surface area contributed by atoms with Crippen molar-refractivity contribution >= 4 is 28.7 Å². The Labute approximate surface area is 97.2 Å². The van der Waals surface area contributed by atoms with Gasteiger partial charge in [0.05, 0.1) is 3.57 Å². The molecule has 0 aliphatic heterocycles. The van der Waals surface area contributed by atoms with E-state index < -0.39 is 0 Å². The Morgan fingerprint density at radius 2 is 2.07 bits per heavy atom. The summed E-state index contributed by atoms with van der Waals surface area (Å²) in [5.74, 6) is 0.645. The van der Waals surface area contributed by atoms with Gasteiger partial charge < -0.3 is 9.64 Å². The summed E-state index contributed by atoms with van der Waals surface area (Å²) >= 11 is 2.15. The van der Waals surface area contributed by atoms with E-state index in [0.29, 0.717) is 5.75 Å². The average molecular weight is 305 g/mol. The Morgan fingerprint density at radius 1 is 1.43 bits per heavy atom. The summed E-state index contributed by atoms with van der Waals surface area (Å²) in [5.41, 5.74) is 0.965. The summed E-state index contributed by atoms with van der Waals surface area (Å²) in [7, 11) is 3.32. The predicted octanol–water partition coefficient (Wildman–Crippen LogP) is 2.66. The van der Waals surface area contributed by atoms with Crippen molar-refractivity contribution in [2.45, 2.75) is 6.92 Å². The Bertz CT molecular complexity index is 330. The molecule has 0 saturated carbocycles. The maximum atomic E-state index is 11.3. The van der Waals surface area contributed by atoms with Crippen LogP contribution >= 0.6 is 22.6 Å². The van der Waals surface area contributed by atoms with Crippen molar-refractivity contribution in [2.24, 2.45) is 0 Å². The zero-order chi connectivity index (χ0) is 10.7. The fourth-order valence-electron chi connectivity index (χ4n) is 0.925. The van der Waals surface area contributed by atoms with Gasteiger partial charge >= 0.3 is 6.09 Å². The molecule has 0 fully saturated rings. The highest BCUT2D eigenvalue weighted by atomic mass is 127. The van der Waals surface area contributed by atoms with Crippen molar-refractivity contribution in [3.63, 3.8) is 0 Å². The lowest BCUT2D eigenvalue weighted by molar-refractivity contribution is 0.171. The standard InChI is InChI=1S/C10H12INO2/c1-7-5-4-6-8(11)9(7)14-10(13)12(2)3/h4-6H,1-3H3. The predicted molar refractivity (Wildman–Crippen MR) is 63.6 cm³/mol. The molecule has 1 rings (SSSR count). The number of amides is 1. The van der Waals surface area contributed by atoms with Crippen molar-refractivity contribution < 1.29 is 9.53 Å². The largest absolute Gasteiger partial charge is 0.414 e. The lowest BCUT2D eigenvalue weighted by Crippen LogP contribution is -2.25. The normalized spacial score (nSPS) is 9.71. The Morgan fingerprint density at radius 3 is 2.57 bits per heavy atom. The van der Waals surface area contributed by atoms with Crippen LogP contribution in [0, 0.1) is 10.5 Å². The van der Waals surface area contributed by atoms with Gasteiger partial charge in [0.15, 0.2) is 0 Å². The van der Waals surface area contributed by atoms with Crippen molar-refractivity contribution in [3.05, 3.63) is 27.3 Å². The number of aryl methyl sites for hydroxylation is 1. The van der Waals surface area contributed by atoms with Gasteiger partial charge in [0, 0.05) is 14.1 Å². The molecule has 1 amide bonds. The molecule has 0 aromatic heterocycles. The van der Waals surface area contributed by atoms with Crippen LogP contribution in [0.25, 0.3) is 0 Å². The smallest absolute Gasteiger partial charge is 0.409 e. The molecule has 14 heavy (non-hydrogen) atoms. The zero-order valence-electron chi connectivity index (χ0n) is 8.37. The summed E-state index contributed by atoms with van der Waals surface area (Å²) < 4.78 is 6.16. The summed E-state index contributed by atoms with van der Waals surface area (Å²) in [6.07, 6.45) is -0.350. The second-order valence-corrected chi connectivity index (χ2v) is 4.31. The molecule has 0 N–H and O–H groups in total. The van der Waals surface area contributed by atoms with Crippen LogP contribution < -0.4 is 4.74 Å². The SMILES string of the molecule is Cc1cccc(I)c1OC(=O)N(C)C. The summed E-state index contributed by atoms with van der Waals surface area (Å²) in [4.78, 5) is 12.7. The fourth-order valence-corrected chi connectivity index (χ4v) is 1.67. The van der Waals surface area contributed by atoms with Gasteiger partial charge in [0.1, 0.15) is 5.75 Å². The number of hydrogen-bond donors (Lipinski definition) is 0. The number of halogens is 1. The molecule has 0 aliphatic rings. The summed E-state index contributed by atoms with van der Waals surface area (Å²) in [6.45, 7) is 1.92. The first kappa shape index (κ1) is 11.3. The molecule has 0 aliphatic carbocycles. The minimum Gasteiger partial charge on any atom is -0.409 e. The molecular formula is C10H12INO2. The van der Waals surface area contributed by atoms with E-state index in [1.165, 1.54) is 4.90 Å². The second-order valence-electron chi connectivity index (χ2n) is 3.15. The average Bonchev–Trinajstić information content (AvgIpc) is 2.11. The lowest BCUT2D eigenvalue weighted by Gasteiger charge is -2.13. The van der Waals surface area contributed by atoms with Crippen LogP contribution in [0.4, 0.5) is 4.79 Å². The molecular weight excluding hydrogens is 293 g/mol. The molecule has 0 heterocycles. The van der Waals surface area contributed by atoms with Crippen LogP contribution in [0.2, 0.25) is 0 Å². The van der Waals surface area contributed by atoms with Gasteiger partial charge in [0.25, 0.3) is 0 Å². The first-order valence-corrected chi connectivity index (χ1v) is 5.24. The van der Waals surface area contributed by atoms with E-state index in [4.69, 9.17) is 4.74 Å². The molecule has 1 aromatic rings. The number of nitrogens with zero attached hydrogens (tertiary/aromatic N) is 1. The van der Waals surface area contributed by atoms with Gasteiger partial charge in [-0.05, 0) is 41.1 Å². The molecule has 3 nitrogen and oxygen atoms in total. The first-order valence-electron chi connectivity index (χ1n) is 4.16. The fraction of sp³-hybridized carbons (Fsp3) is 0.300. The Hall–Kier alpha value is -0.780. The van der Waals surface area contributed by atoms with E-state index in [1.54, 1.807) is 14.1 Å². The number of carbonyl (C=O) groups is 1. The third-order valence-corrected chi connectivity index (χ3v) is 2.57. The van der Waals surface area contributed by atoms with Gasteiger partial charge in [-0.25, -0.2) is 4.79 Å². The number of benzene rings is 1. The Balaban J connectivity index is 2.91. The van der Waals surface area contributed by atoms with Crippen LogP contribution in [0.5, 0.6) is 5.75 Å². The molecule has 4 heteroatoms. The minimum atomic E-state index is -0.350. The van der Waals surface area contributed by atoms with Crippen LogP contribution in [0.15, 0.2) is 18.2 Å². The number of ether oxygens (including phenoxy) is 1. The Kier molecular flexibility index (Phi) is 3.74. The molecule has 76 valence electrons. The molecule has 1 aromatic carbocycles. The van der Waals surface area contributed by atoms with Crippen LogP contribution in [-0.2, 0) is 0 Å². The van der Waals surface area contributed by atoms with Gasteiger partial charge in [-0.3, -0.25) is 0 Å². The minimum absolute atomic E-state index is 0.350. The summed E-state index contributed by atoms with van der Waals surface area (Å²) in [6, 6.07) is 5.76. The van der Waals surface area contributed by atoms with E-state index in [1.807, 2.05) is 25.1 Å². The lowest BCUT2D eigenvalue weighted by atomic mass is 10.2. The second kappa shape index (κ2) is 4.63. The van der Waals surface area contributed by atoms with Crippen molar-refractivity contribution in [1.29, 1.82) is 0 Å². The topological polar surface area (TPSA) is 29.5 Å². The highest BCUT2D eigenvalue weighted by Gasteiger charge is 2.11. The van der Waals surface area contributed by atoms with E-state index in [9.17, 15) is 4.79 Å². The van der Waals surface area contributed by atoms with E-state index in [0.717, 1.165) is 9.13 Å². The quantitative estimate of drug-likeness (QED) is 0.747. The summed E-state index contributed by atoms with van der Waals surface area (Å²) in [5, 5.41) is 0. The van der Waals surface area contributed by atoms with Crippen LogP contribution in [0.1, 0.15) is 5.56 Å². The third-order valence-electron chi connectivity index (χ3n) is 1.72. The van der Waals surface area contributed by atoms with Crippen LogP contribution in [0.3, 0.4) is 0 Å². The van der Waals surface area contributed by atoms with Crippen molar-refractivity contribution in [3.8, 4) is 5.75 Å². The molecule has 0 spiro atoms. The van der Waals surface area contributed by atoms with Crippen molar-refractivity contribution in [2.75, 3.05) is 14.1 Å². The van der Waals surface area contributed by atoms with E-state index in [2.05, 4.69) is 22.6 Å². The molecule has 0 radical (unpaired) electrons. The van der Waals surface area contributed by atoms with Crippen molar-refractivity contribution in [1.82, 2.24) is 4.90 Å². The number of rotatable bonds is 1. The van der Waals surface area contributed by atoms with E-state index in [-0.39, 0.29) is 6.09 Å².